The normalized spacial score (nSPS) is 15.9. The molecule has 0 bridgehead atoms. The molecule has 13 heteroatoms. The van der Waals surface area contributed by atoms with Crippen LogP contribution in [-0.4, -0.2) is 68.3 Å². The average Bonchev–Trinajstić information content (AvgIpc) is 3.26. The predicted octanol–water partition coefficient (Wildman–Crippen LogP) is 0.714. The molecule has 1 fully saturated rings. The Kier molecular flexibility index (Phi) is 5.20. The van der Waals surface area contributed by atoms with Crippen LogP contribution in [0, 0.1) is 5.92 Å². The molecule has 0 spiro atoms. The lowest BCUT2D eigenvalue weighted by Crippen LogP contribution is -2.52. The molecule has 1 N–H and O–H groups in total. The summed E-state index contributed by atoms with van der Waals surface area (Å²) in [6.45, 7) is 0.846. The van der Waals surface area contributed by atoms with Gasteiger partial charge in [0.25, 0.3) is 0 Å². The van der Waals surface area contributed by atoms with Crippen molar-refractivity contribution in [2.45, 2.75) is 6.54 Å². The molecule has 2 aromatic heterocycles. The summed E-state index contributed by atoms with van der Waals surface area (Å²) in [6.07, 6.45) is 4.60. The first-order chi connectivity index (χ1) is 14.1. The Morgan fingerprint density at radius 3 is 2.67 bits per heavy atom. The molecule has 1 aromatic carbocycles. The van der Waals surface area contributed by atoms with Gasteiger partial charge in [-0.05, 0) is 23.8 Å². The summed E-state index contributed by atoms with van der Waals surface area (Å²) in [5, 5.41) is 8.43. The van der Waals surface area contributed by atoms with Crippen LogP contribution in [0.5, 0.6) is 5.75 Å². The largest absolute Gasteiger partial charge is 0.496 e. The minimum atomic E-state index is -3.76. The van der Waals surface area contributed by atoms with E-state index in [2.05, 4.69) is 15.0 Å². The number of nitrogens with zero attached hydrogens (tertiary/aromatic N) is 4. The minimum absolute atomic E-state index is 0.0341. The first-order valence-corrected chi connectivity index (χ1v) is 12.5. The molecule has 4 rings (SSSR count). The van der Waals surface area contributed by atoms with Gasteiger partial charge in [-0.15, -0.1) is 0 Å². The van der Waals surface area contributed by atoms with Crippen LogP contribution in [0.15, 0.2) is 35.1 Å². The van der Waals surface area contributed by atoms with Crippen LogP contribution in [0.4, 0.5) is 5.82 Å². The number of aromatic nitrogens is 3. The van der Waals surface area contributed by atoms with E-state index in [4.69, 9.17) is 9.26 Å². The van der Waals surface area contributed by atoms with Gasteiger partial charge < -0.3 is 9.26 Å². The molecule has 1 aliphatic heterocycles. The third-order valence-electron chi connectivity index (χ3n) is 4.82. The molecule has 0 radical (unpaired) electrons. The molecule has 11 nitrogen and oxygen atoms in total. The van der Waals surface area contributed by atoms with Gasteiger partial charge in [-0.1, -0.05) is 5.16 Å². The number of rotatable bonds is 8. The maximum Gasteiger partial charge on any atom is 0.234 e. The van der Waals surface area contributed by atoms with Crippen molar-refractivity contribution in [2.24, 2.45) is 5.92 Å². The number of nitrogens with one attached hydrogen (secondary N) is 1. The fraction of sp³-hybridized carbons (Fsp3) is 0.412. The summed E-state index contributed by atoms with van der Waals surface area (Å²) < 4.78 is 64.2. The van der Waals surface area contributed by atoms with Gasteiger partial charge in [0.1, 0.15) is 11.1 Å². The lowest BCUT2D eigenvalue weighted by molar-refractivity contribution is 0.221. The predicted molar refractivity (Wildman–Crippen MR) is 109 cm³/mol. The highest BCUT2D eigenvalue weighted by atomic mass is 32.2. The highest BCUT2D eigenvalue weighted by Gasteiger charge is 2.36. The Morgan fingerprint density at radius 1 is 1.27 bits per heavy atom. The fourth-order valence-electron chi connectivity index (χ4n) is 3.39. The summed E-state index contributed by atoms with van der Waals surface area (Å²) in [6, 6.07) is 5.34. The van der Waals surface area contributed by atoms with E-state index in [0.717, 1.165) is 11.8 Å². The second kappa shape index (κ2) is 7.56. The average molecular weight is 456 g/mol. The topological polar surface area (TPSA) is 137 Å². The van der Waals surface area contributed by atoms with Gasteiger partial charge in [0, 0.05) is 31.4 Å². The van der Waals surface area contributed by atoms with Crippen molar-refractivity contribution >= 4 is 36.8 Å². The van der Waals surface area contributed by atoms with Crippen LogP contribution in [0.1, 0.15) is 5.56 Å². The van der Waals surface area contributed by atoms with Crippen LogP contribution in [-0.2, 0) is 26.6 Å². The summed E-state index contributed by atoms with van der Waals surface area (Å²) in [7, 11) is -5.58. The number of hydrogen-bond donors (Lipinski definition) is 1. The maximum absolute atomic E-state index is 12.6. The molecular formula is C17H21N5O6S2. The van der Waals surface area contributed by atoms with Crippen molar-refractivity contribution < 1.29 is 26.1 Å². The number of hydrogen-bond acceptors (Lipinski definition) is 8. The maximum atomic E-state index is 12.6. The Morgan fingerprint density at radius 2 is 2.03 bits per heavy atom. The first kappa shape index (κ1) is 20.6. The molecule has 0 unspecified atom stereocenters. The zero-order chi connectivity index (χ0) is 21.5. The Bertz CT molecular complexity index is 1260. The number of benzene rings is 1. The third-order valence-corrected chi connectivity index (χ3v) is 7.47. The summed E-state index contributed by atoms with van der Waals surface area (Å²) in [5.74, 6) is -0.0437. The van der Waals surface area contributed by atoms with Gasteiger partial charge in [-0.2, -0.15) is 5.10 Å². The van der Waals surface area contributed by atoms with E-state index >= 15 is 0 Å². The van der Waals surface area contributed by atoms with Crippen molar-refractivity contribution in [3.63, 3.8) is 0 Å². The van der Waals surface area contributed by atoms with Gasteiger partial charge in [0.2, 0.25) is 20.0 Å². The van der Waals surface area contributed by atoms with E-state index in [0.29, 0.717) is 23.3 Å². The molecule has 0 aliphatic carbocycles. The molecule has 1 saturated heterocycles. The quantitative estimate of drug-likeness (QED) is 0.524. The van der Waals surface area contributed by atoms with Gasteiger partial charge >= 0.3 is 0 Å². The summed E-state index contributed by atoms with van der Waals surface area (Å²) in [4.78, 5) is 0. The molecule has 0 amide bonds. The molecule has 3 aromatic rings. The van der Waals surface area contributed by atoms with Crippen molar-refractivity contribution in [1.29, 1.82) is 0 Å². The number of ether oxygens (including phenoxy) is 1. The lowest BCUT2D eigenvalue weighted by atomic mass is 10.1. The van der Waals surface area contributed by atoms with E-state index < -0.39 is 20.0 Å². The first-order valence-electron chi connectivity index (χ1n) is 9.04. The lowest BCUT2D eigenvalue weighted by Gasteiger charge is -2.36. The summed E-state index contributed by atoms with van der Waals surface area (Å²) >= 11 is 0. The number of anilines is 1. The Hall–Kier alpha value is -2.64. The Balaban J connectivity index is 1.53. The van der Waals surface area contributed by atoms with Crippen LogP contribution >= 0.6 is 0 Å². The van der Waals surface area contributed by atoms with Crippen LogP contribution in [0.25, 0.3) is 11.0 Å². The van der Waals surface area contributed by atoms with E-state index in [-0.39, 0.29) is 30.6 Å². The van der Waals surface area contributed by atoms with Crippen molar-refractivity contribution in [1.82, 2.24) is 19.2 Å². The number of fused-ring (bicyclic) bond motifs is 1. The molecule has 0 saturated carbocycles. The smallest absolute Gasteiger partial charge is 0.234 e. The molecular weight excluding hydrogens is 434 g/mol. The van der Waals surface area contributed by atoms with E-state index in [9.17, 15) is 16.8 Å². The van der Waals surface area contributed by atoms with Gasteiger partial charge in [0.05, 0.1) is 25.7 Å². The molecule has 1 aliphatic rings. The van der Waals surface area contributed by atoms with Crippen LogP contribution in [0.3, 0.4) is 0 Å². The fourth-order valence-corrected chi connectivity index (χ4v) is 5.70. The molecule has 162 valence electrons. The monoisotopic (exact) mass is 455 g/mol. The highest BCUT2D eigenvalue weighted by molar-refractivity contribution is 7.92. The number of sulfonamides is 2. The van der Waals surface area contributed by atoms with Gasteiger partial charge in [0.15, 0.2) is 11.4 Å². The molecule has 30 heavy (non-hydrogen) atoms. The SMILES string of the molecule is COc1cc(Cn2cccn2)cc2onc(NS(=O)(=O)CC3CN(S(C)(=O)=O)C3)c12. The second-order valence-electron chi connectivity index (χ2n) is 7.24. The minimum Gasteiger partial charge on any atom is -0.496 e. The Labute approximate surface area is 173 Å². The standard InChI is InChI=1S/C17H21N5O6S2/c1-27-14-6-12(8-21-5-3-4-18-21)7-15-16(14)17(19-28-15)20-30(25,26)11-13-9-22(10-13)29(2,23)24/h3-7,13H,8-11H2,1-2H3,(H,19,20). The highest BCUT2D eigenvalue weighted by Crippen LogP contribution is 2.34. The third kappa shape index (κ3) is 4.27. The van der Waals surface area contributed by atoms with Crippen LogP contribution in [0.2, 0.25) is 0 Å². The summed E-state index contributed by atoms with van der Waals surface area (Å²) in [5.41, 5.74) is 1.23. The van der Waals surface area contributed by atoms with Gasteiger partial charge in [-0.25, -0.2) is 21.1 Å². The zero-order valence-corrected chi connectivity index (χ0v) is 18.0. The molecule has 3 heterocycles. The van der Waals surface area contributed by atoms with Crippen molar-refractivity contribution in [3.8, 4) is 5.75 Å². The van der Waals surface area contributed by atoms with E-state index in [1.807, 2.05) is 12.3 Å². The van der Waals surface area contributed by atoms with E-state index in [1.54, 1.807) is 23.0 Å². The van der Waals surface area contributed by atoms with Gasteiger partial charge in [-0.3, -0.25) is 9.40 Å². The second-order valence-corrected chi connectivity index (χ2v) is 11.0. The van der Waals surface area contributed by atoms with E-state index in [1.165, 1.54) is 11.4 Å². The van der Waals surface area contributed by atoms with Crippen molar-refractivity contribution in [3.05, 3.63) is 36.2 Å². The molecule has 0 atom stereocenters. The zero-order valence-electron chi connectivity index (χ0n) is 16.3. The van der Waals surface area contributed by atoms with Crippen molar-refractivity contribution in [2.75, 3.05) is 36.9 Å². The number of methoxy groups -OCH3 is 1. The van der Waals surface area contributed by atoms with Crippen LogP contribution < -0.4 is 9.46 Å².